The normalized spacial score (nSPS) is 15.3. The Morgan fingerprint density at radius 1 is 1.44 bits per heavy atom. The third-order valence-electron chi connectivity index (χ3n) is 3.34. The van der Waals surface area contributed by atoms with Gasteiger partial charge in [0.2, 0.25) is 0 Å². The van der Waals surface area contributed by atoms with Crippen LogP contribution < -0.4 is 5.73 Å². The first-order chi connectivity index (χ1) is 8.61. The summed E-state index contributed by atoms with van der Waals surface area (Å²) in [5.41, 5.74) is 7.67. The molecule has 0 radical (unpaired) electrons. The molecular formula is C14H26N2OS. The maximum atomic E-state index is 6.34. The summed E-state index contributed by atoms with van der Waals surface area (Å²) in [5, 5.41) is 4.34. The van der Waals surface area contributed by atoms with Crippen LogP contribution >= 0.6 is 11.3 Å². The van der Waals surface area contributed by atoms with E-state index in [2.05, 4.69) is 42.5 Å². The molecule has 0 fully saturated rings. The van der Waals surface area contributed by atoms with Gasteiger partial charge in [0.25, 0.3) is 0 Å². The zero-order valence-electron chi connectivity index (χ0n) is 11.9. The highest BCUT2D eigenvalue weighted by Gasteiger charge is 2.27. The average Bonchev–Trinajstić information content (AvgIpc) is 2.86. The summed E-state index contributed by atoms with van der Waals surface area (Å²) in [4.78, 5) is 2.44. The molecule has 0 spiro atoms. The Morgan fingerprint density at radius 2 is 2.17 bits per heavy atom. The highest BCUT2D eigenvalue weighted by Crippen LogP contribution is 2.28. The SMILES string of the molecule is CCC(N)C(c1ccsc1)N(CCOC)C(C)C. The monoisotopic (exact) mass is 270 g/mol. The molecule has 1 aromatic heterocycles. The van der Waals surface area contributed by atoms with Gasteiger partial charge in [-0.2, -0.15) is 11.3 Å². The second kappa shape index (κ2) is 7.89. The molecule has 1 rings (SSSR count). The van der Waals surface area contributed by atoms with Crippen LogP contribution in [0.3, 0.4) is 0 Å². The van der Waals surface area contributed by atoms with Crippen LogP contribution in [0.2, 0.25) is 0 Å². The summed E-state index contributed by atoms with van der Waals surface area (Å²) in [6.45, 7) is 8.26. The molecule has 1 aromatic rings. The van der Waals surface area contributed by atoms with Crippen LogP contribution in [-0.2, 0) is 4.74 Å². The van der Waals surface area contributed by atoms with E-state index in [1.54, 1.807) is 18.4 Å². The van der Waals surface area contributed by atoms with Crippen LogP contribution in [0.5, 0.6) is 0 Å². The smallest absolute Gasteiger partial charge is 0.0590 e. The first kappa shape index (κ1) is 15.6. The summed E-state index contributed by atoms with van der Waals surface area (Å²) in [5.74, 6) is 0. The second-order valence-electron chi connectivity index (χ2n) is 4.90. The lowest BCUT2D eigenvalue weighted by Crippen LogP contribution is -2.45. The van der Waals surface area contributed by atoms with Crippen molar-refractivity contribution in [1.29, 1.82) is 0 Å². The number of hydrogen-bond acceptors (Lipinski definition) is 4. The third-order valence-corrected chi connectivity index (χ3v) is 4.04. The van der Waals surface area contributed by atoms with Gasteiger partial charge in [0, 0.05) is 25.7 Å². The summed E-state index contributed by atoms with van der Waals surface area (Å²) in [6, 6.07) is 3.10. The average molecular weight is 270 g/mol. The highest BCUT2D eigenvalue weighted by molar-refractivity contribution is 7.07. The van der Waals surface area contributed by atoms with Crippen molar-refractivity contribution in [3.63, 3.8) is 0 Å². The lowest BCUT2D eigenvalue weighted by atomic mass is 9.97. The van der Waals surface area contributed by atoms with Gasteiger partial charge in [-0.25, -0.2) is 0 Å². The number of ether oxygens (including phenoxy) is 1. The fraction of sp³-hybridized carbons (Fsp3) is 0.714. The number of methoxy groups -OCH3 is 1. The van der Waals surface area contributed by atoms with Crippen LogP contribution in [-0.4, -0.2) is 37.2 Å². The molecular weight excluding hydrogens is 244 g/mol. The Labute approximate surface area is 115 Å². The standard InChI is InChI=1S/C14H26N2OS/c1-5-13(15)14(12-6-9-18-10-12)16(11(2)3)7-8-17-4/h6,9-11,13-14H,5,7-8,15H2,1-4H3. The molecule has 0 amide bonds. The van der Waals surface area contributed by atoms with Crippen molar-refractivity contribution in [1.82, 2.24) is 4.90 Å². The quantitative estimate of drug-likeness (QED) is 0.789. The van der Waals surface area contributed by atoms with Gasteiger partial charge in [0.1, 0.15) is 0 Å². The van der Waals surface area contributed by atoms with Gasteiger partial charge in [-0.3, -0.25) is 4.90 Å². The first-order valence-corrected chi connectivity index (χ1v) is 7.58. The van der Waals surface area contributed by atoms with Gasteiger partial charge >= 0.3 is 0 Å². The van der Waals surface area contributed by atoms with Crippen LogP contribution in [0, 0.1) is 0 Å². The predicted octanol–water partition coefficient (Wildman–Crippen LogP) is 2.88. The Balaban J connectivity index is 2.91. The minimum atomic E-state index is 0.166. The van der Waals surface area contributed by atoms with Crippen molar-refractivity contribution in [3.8, 4) is 0 Å². The lowest BCUT2D eigenvalue weighted by Gasteiger charge is -2.37. The fourth-order valence-electron chi connectivity index (χ4n) is 2.27. The molecule has 3 nitrogen and oxygen atoms in total. The lowest BCUT2D eigenvalue weighted by molar-refractivity contribution is 0.0833. The van der Waals surface area contributed by atoms with E-state index in [0.717, 1.165) is 19.6 Å². The molecule has 0 saturated heterocycles. The number of hydrogen-bond donors (Lipinski definition) is 1. The topological polar surface area (TPSA) is 38.5 Å². The van der Waals surface area contributed by atoms with E-state index in [-0.39, 0.29) is 12.1 Å². The predicted molar refractivity (Wildman–Crippen MR) is 79.0 cm³/mol. The largest absolute Gasteiger partial charge is 0.383 e. The van der Waals surface area contributed by atoms with E-state index in [1.807, 2.05) is 0 Å². The summed E-state index contributed by atoms with van der Waals surface area (Å²) in [6.07, 6.45) is 0.983. The molecule has 18 heavy (non-hydrogen) atoms. The van der Waals surface area contributed by atoms with E-state index in [9.17, 15) is 0 Å². The summed E-state index contributed by atoms with van der Waals surface area (Å²) in [7, 11) is 1.75. The minimum absolute atomic E-state index is 0.166. The Bertz CT molecular complexity index is 314. The molecule has 0 aromatic carbocycles. The fourth-order valence-corrected chi connectivity index (χ4v) is 2.96. The van der Waals surface area contributed by atoms with Gasteiger partial charge in [-0.05, 0) is 42.7 Å². The van der Waals surface area contributed by atoms with Crippen LogP contribution in [0.25, 0.3) is 0 Å². The molecule has 0 aliphatic heterocycles. The van der Waals surface area contributed by atoms with Gasteiger partial charge in [0.15, 0.2) is 0 Å². The van der Waals surface area contributed by atoms with Crippen LogP contribution in [0.1, 0.15) is 38.8 Å². The van der Waals surface area contributed by atoms with E-state index < -0.39 is 0 Å². The summed E-state index contributed by atoms with van der Waals surface area (Å²) < 4.78 is 5.22. The number of rotatable bonds is 8. The zero-order valence-corrected chi connectivity index (χ0v) is 12.7. The molecule has 2 unspecified atom stereocenters. The maximum absolute atomic E-state index is 6.34. The van der Waals surface area contributed by atoms with Crippen molar-refractivity contribution in [3.05, 3.63) is 22.4 Å². The van der Waals surface area contributed by atoms with Crippen molar-refractivity contribution < 1.29 is 4.74 Å². The van der Waals surface area contributed by atoms with Crippen LogP contribution in [0.4, 0.5) is 0 Å². The molecule has 0 aliphatic carbocycles. The van der Waals surface area contributed by atoms with Crippen molar-refractivity contribution >= 4 is 11.3 Å². The molecule has 0 bridgehead atoms. The number of nitrogens with two attached hydrogens (primary N) is 1. The van der Waals surface area contributed by atoms with E-state index in [4.69, 9.17) is 10.5 Å². The molecule has 2 atom stereocenters. The van der Waals surface area contributed by atoms with Crippen molar-refractivity contribution in [2.75, 3.05) is 20.3 Å². The number of nitrogens with zero attached hydrogens (tertiary/aromatic N) is 1. The Morgan fingerprint density at radius 3 is 2.61 bits per heavy atom. The maximum Gasteiger partial charge on any atom is 0.0590 e. The number of thiophene rings is 1. The minimum Gasteiger partial charge on any atom is -0.383 e. The third kappa shape index (κ3) is 4.05. The molecule has 2 N–H and O–H groups in total. The summed E-state index contributed by atoms with van der Waals surface area (Å²) >= 11 is 1.74. The Kier molecular flexibility index (Phi) is 6.86. The second-order valence-corrected chi connectivity index (χ2v) is 5.68. The molecule has 0 aliphatic rings. The van der Waals surface area contributed by atoms with E-state index >= 15 is 0 Å². The van der Waals surface area contributed by atoms with Crippen molar-refractivity contribution in [2.45, 2.75) is 45.3 Å². The van der Waals surface area contributed by atoms with Gasteiger partial charge in [-0.1, -0.05) is 6.92 Å². The highest BCUT2D eigenvalue weighted by atomic mass is 32.1. The Hall–Kier alpha value is -0.420. The van der Waals surface area contributed by atoms with Crippen LogP contribution in [0.15, 0.2) is 16.8 Å². The molecule has 0 saturated carbocycles. The molecule has 1 heterocycles. The van der Waals surface area contributed by atoms with E-state index in [1.165, 1.54) is 5.56 Å². The van der Waals surface area contributed by atoms with Gasteiger partial charge < -0.3 is 10.5 Å². The first-order valence-electron chi connectivity index (χ1n) is 6.64. The molecule has 104 valence electrons. The van der Waals surface area contributed by atoms with Crippen molar-refractivity contribution in [2.24, 2.45) is 5.73 Å². The zero-order chi connectivity index (χ0) is 13.5. The van der Waals surface area contributed by atoms with Gasteiger partial charge in [0.05, 0.1) is 12.6 Å². The van der Waals surface area contributed by atoms with Gasteiger partial charge in [-0.15, -0.1) is 0 Å². The van der Waals surface area contributed by atoms with E-state index in [0.29, 0.717) is 6.04 Å². The molecule has 4 heteroatoms.